The Bertz CT molecular complexity index is 302. The van der Waals surface area contributed by atoms with Crippen LogP contribution in [0.3, 0.4) is 0 Å². The first-order chi connectivity index (χ1) is 9.08. The number of methoxy groups -OCH3 is 1. The molecule has 0 radical (unpaired) electrons. The molecule has 1 saturated heterocycles. The van der Waals surface area contributed by atoms with Crippen molar-refractivity contribution in [3.63, 3.8) is 0 Å². The second-order valence-electron chi connectivity index (χ2n) is 5.06. The summed E-state index contributed by atoms with van der Waals surface area (Å²) in [6.07, 6.45) is 2.30. The van der Waals surface area contributed by atoms with Gasteiger partial charge in [0.2, 0.25) is 5.91 Å². The SMILES string of the molecule is COC(=O)C1CCN(C(=O)CN(C)CCCN)CC1. The van der Waals surface area contributed by atoms with E-state index in [4.69, 9.17) is 10.5 Å². The molecule has 2 N–H and O–H groups in total. The van der Waals surface area contributed by atoms with E-state index in [1.807, 2.05) is 16.8 Å². The lowest BCUT2D eigenvalue weighted by Gasteiger charge is -2.31. The van der Waals surface area contributed by atoms with E-state index in [0.29, 0.717) is 39.0 Å². The van der Waals surface area contributed by atoms with Crippen molar-refractivity contribution in [2.24, 2.45) is 11.7 Å². The van der Waals surface area contributed by atoms with Gasteiger partial charge in [-0.15, -0.1) is 0 Å². The van der Waals surface area contributed by atoms with Gasteiger partial charge in [0.15, 0.2) is 0 Å². The van der Waals surface area contributed by atoms with E-state index in [2.05, 4.69) is 0 Å². The summed E-state index contributed by atoms with van der Waals surface area (Å²) in [7, 11) is 3.33. The Morgan fingerprint density at radius 2 is 2.00 bits per heavy atom. The van der Waals surface area contributed by atoms with E-state index in [1.54, 1.807) is 0 Å². The van der Waals surface area contributed by atoms with Gasteiger partial charge in [-0.2, -0.15) is 0 Å². The van der Waals surface area contributed by atoms with Gasteiger partial charge in [-0.3, -0.25) is 14.5 Å². The average molecular weight is 271 g/mol. The molecule has 19 heavy (non-hydrogen) atoms. The highest BCUT2D eigenvalue weighted by Gasteiger charge is 2.27. The smallest absolute Gasteiger partial charge is 0.308 e. The van der Waals surface area contributed by atoms with E-state index in [0.717, 1.165) is 13.0 Å². The first kappa shape index (κ1) is 15.9. The molecule has 0 spiro atoms. The number of esters is 1. The third-order valence-corrected chi connectivity index (χ3v) is 3.53. The minimum atomic E-state index is -0.160. The molecule has 110 valence electrons. The number of nitrogens with zero attached hydrogens (tertiary/aromatic N) is 2. The van der Waals surface area contributed by atoms with E-state index >= 15 is 0 Å². The van der Waals surface area contributed by atoms with Crippen molar-refractivity contribution in [2.45, 2.75) is 19.3 Å². The third-order valence-electron chi connectivity index (χ3n) is 3.53. The predicted molar refractivity (Wildman–Crippen MR) is 72.5 cm³/mol. The molecule has 0 aromatic carbocycles. The number of nitrogens with two attached hydrogens (primary N) is 1. The second-order valence-corrected chi connectivity index (χ2v) is 5.06. The van der Waals surface area contributed by atoms with Gasteiger partial charge in [0.25, 0.3) is 0 Å². The van der Waals surface area contributed by atoms with Gasteiger partial charge in [-0.05, 0) is 39.4 Å². The van der Waals surface area contributed by atoms with Crippen LogP contribution in [-0.4, -0.2) is 68.6 Å². The fourth-order valence-corrected chi connectivity index (χ4v) is 2.30. The summed E-state index contributed by atoms with van der Waals surface area (Å²) in [5, 5.41) is 0. The highest BCUT2D eigenvalue weighted by Crippen LogP contribution is 2.18. The van der Waals surface area contributed by atoms with Crippen LogP contribution < -0.4 is 5.73 Å². The van der Waals surface area contributed by atoms with Gasteiger partial charge in [0.05, 0.1) is 19.6 Å². The van der Waals surface area contributed by atoms with Crippen LogP contribution in [0.4, 0.5) is 0 Å². The van der Waals surface area contributed by atoms with Gasteiger partial charge in [-0.25, -0.2) is 0 Å². The molecular weight excluding hydrogens is 246 g/mol. The maximum atomic E-state index is 12.1. The number of hydrogen-bond acceptors (Lipinski definition) is 5. The molecule has 1 aliphatic rings. The number of hydrogen-bond donors (Lipinski definition) is 1. The zero-order chi connectivity index (χ0) is 14.3. The Hall–Kier alpha value is -1.14. The molecule has 1 heterocycles. The molecule has 1 amide bonds. The van der Waals surface area contributed by atoms with Gasteiger partial charge in [0, 0.05) is 13.1 Å². The summed E-state index contributed by atoms with van der Waals surface area (Å²) in [4.78, 5) is 27.3. The summed E-state index contributed by atoms with van der Waals surface area (Å²) in [5.74, 6) is -0.0842. The first-order valence-corrected chi connectivity index (χ1v) is 6.82. The highest BCUT2D eigenvalue weighted by atomic mass is 16.5. The Balaban J connectivity index is 2.30. The number of likely N-dealkylation sites (tertiary alicyclic amines) is 1. The van der Waals surface area contributed by atoms with Crippen molar-refractivity contribution in [1.82, 2.24) is 9.80 Å². The highest BCUT2D eigenvalue weighted by molar-refractivity contribution is 5.79. The van der Waals surface area contributed by atoms with Crippen molar-refractivity contribution >= 4 is 11.9 Å². The zero-order valence-corrected chi connectivity index (χ0v) is 11.9. The van der Waals surface area contributed by atoms with Gasteiger partial charge in [-0.1, -0.05) is 0 Å². The average Bonchev–Trinajstić information content (AvgIpc) is 2.44. The molecule has 1 fully saturated rings. The van der Waals surface area contributed by atoms with E-state index in [1.165, 1.54) is 7.11 Å². The quantitative estimate of drug-likeness (QED) is 0.670. The normalized spacial score (nSPS) is 16.7. The Labute approximate surface area is 114 Å². The second kappa shape index (κ2) is 8.12. The number of carbonyl (C=O) groups is 2. The molecule has 0 unspecified atom stereocenters. The Kier molecular flexibility index (Phi) is 6.80. The predicted octanol–water partition coefficient (Wildman–Crippen LogP) is -0.321. The maximum absolute atomic E-state index is 12.1. The maximum Gasteiger partial charge on any atom is 0.308 e. The molecule has 0 saturated carbocycles. The topological polar surface area (TPSA) is 75.9 Å². The van der Waals surface area contributed by atoms with Crippen LogP contribution in [0.1, 0.15) is 19.3 Å². The number of rotatable bonds is 6. The van der Waals surface area contributed by atoms with Crippen LogP contribution in [0.5, 0.6) is 0 Å². The first-order valence-electron chi connectivity index (χ1n) is 6.82. The third kappa shape index (κ3) is 5.16. The number of likely N-dealkylation sites (N-methyl/N-ethyl adjacent to an activating group) is 1. The number of amides is 1. The van der Waals surface area contributed by atoms with Gasteiger partial charge in [0.1, 0.15) is 0 Å². The van der Waals surface area contributed by atoms with Crippen LogP contribution in [0, 0.1) is 5.92 Å². The van der Waals surface area contributed by atoms with Crippen LogP contribution in [0.2, 0.25) is 0 Å². The van der Waals surface area contributed by atoms with Gasteiger partial charge >= 0.3 is 5.97 Å². The lowest BCUT2D eigenvalue weighted by molar-refractivity contribution is -0.149. The summed E-state index contributed by atoms with van der Waals surface area (Å²) in [6.45, 7) is 3.18. The molecule has 6 heteroatoms. The van der Waals surface area contributed by atoms with Crippen molar-refractivity contribution in [2.75, 3.05) is 46.9 Å². The molecule has 0 bridgehead atoms. The minimum absolute atomic E-state index is 0.0518. The summed E-state index contributed by atoms with van der Waals surface area (Å²) in [5.41, 5.74) is 5.44. The summed E-state index contributed by atoms with van der Waals surface area (Å²) >= 11 is 0. The lowest BCUT2D eigenvalue weighted by Crippen LogP contribution is -2.44. The molecule has 1 rings (SSSR count). The molecule has 6 nitrogen and oxygen atoms in total. The van der Waals surface area contributed by atoms with Crippen molar-refractivity contribution in [1.29, 1.82) is 0 Å². The number of carbonyl (C=O) groups excluding carboxylic acids is 2. The minimum Gasteiger partial charge on any atom is -0.469 e. The fraction of sp³-hybridized carbons (Fsp3) is 0.846. The van der Waals surface area contributed by atoms with E-state index in [-0.39, 0.29) is 17.8 Å². The standard InChI is InChI=1S/C13H25N3O3/c1-15(7-3-6-14)10-12(17)16-8-4-11(5-9-16)13(18)19-2/h11H,3-10,14H2,1-2H3. The molecular formula is C13H25N3O3. The number of ether oxygens (including phenoxy) is 1. The van der Waals surface area contributed by atoms with Crippen LogP contribution in [0.25, 0.3) is 0 Å². The zero-order valence-electron chi connectivity index (χ0n) is 11.9. The fourth-order valence-electron chi connectivity index (χ4n) is 2.30. The van der Waals surface area contributed by atoms with Crippen LogP contribution >= 0.6 is 0 Å². The molecule has 0 aromatic heterocycles. The van der Waals surface area contributed by atoms with Crippen LogP contribution in [-0.2, 0) is 14.3 Å². The largest absolute Gasteiger partial charge is 0.469 e. The van der Waals surface area contributed by atoms with Crippen molar-refractivity contribution in [3.8, 4) is 0 Å². The Morgan fingerprint density at radius 3 is 2.53 bits per heavy atom. The Morgan fingerprint density at radius 1 is 1.37 bits per heavy atom. The molecule has 0 aromatic rings. The van der Waals surface area contributed by atoms with E-state index < -0.39 is 0 Å². The molecule has 0 atom stereocenters. The van der Waals surface area contributed by atoms with Crippen molar-refractivity contribution in [3.05, 3.63) is 0 Å². The lowest BCUT2D eigenvalue weighted by atomic mass is 9.97. The van der Waals surface area contributed by atoms with E-state index in [9.17, 15) is 9.59 Å². The molecule has 0 aliphatic carbocycles. The summed E-state index contributed by atoms with van der Waals surface area (Å²) in [6, 6.07) is 0. The van der Waals surface area contributed by atoms with Gasteiger partial charge < -0.3 is 15.4 Å². The molecule has 1 aliphatic heterocycles. The van der Waals surface area contributed by atoms with Crippen molar-refractivity contribution < 1.29 is 14.3 Å². The van der Waals surface area contributed by atoms with Crippen LogP contribution in [0.15, 0.2) is 0 Å². The summed E-state index contributed by atoms with van der Waals surface area (Å²) < 4.78 is 4.73. The monoisotopic (exact) mass is 271 g/mol. The number of piperidine rings is 1.